The summed E-state index contributed by atoms with van der Waals surface area (Å²) in [6.07, 6.45) is 0. The molecule has 0 saturated carbocycles. The summed E-state index contributed by atoms with van der Waals surface area (Å²) in [7, 11) is 3.70. The van der Waals surface area contributed by atoms with Crippen LogP contribution in [0.15, 0.2) is 24.3 Å². The molecule has 0 spiro atoms. The number of rotatable bonds is 4. The Labute approximate surface area is 116 Å². The lowest BCUT2D eigenvalue weighted by atomic mass is 10.2. The number of nitro groups is 1. The number of halogens is 1. The van der Waals surface area contributed by atoms with Crippen LogP contribution in [0.1, 0.15) is 12.5 Å². The van der Waals surface area contributed by atoms with Gasteiger partial charge >= 0.3 is 0 Å². The molecule has 0 aliphatic rings. The Hall–Kier alpha value is -1.47. The Morgan fingerprint density at radius 1 is 1.33 bits per heavy atom. The first kappa shape index (κ1) is 16.5. The van der Waals surface area contributed by atoms with Crippen LogP contribution in [-0.4, -0.2) is 29.5 Å². The minimum Gasteiger partial charge on any atom is -1.00 e. The zero-order valence-corrected chi connectivity index (χ0v) is 12.1. The lowest BCUT2D eigenvalue weighted by Crippen LogP contribution is -3.00. The second-order valence-corrected chi connectivity index (χ2v) is 4.43. The maximum absolute atomic E-state index is 11.0. The Morgan fingerprint density at radius 2 is 1.83 bits per heavy atom. The van der Waals surface area contributed by atoms with E-state index in [9.17, 15) is 14.9 Å². The zero-order chi connectivity index (χ0) is 13.1. The standard InChI is InChI=1S/C11H15N3O3.BrH/c1-9(15)12-14(2,3)8-10-4-6-11(7-5-10)13(16)17;/h4-7H,8H2,1-3H3;1H. The van der Waals surface area contributed by atoms with Gasteiger partial charge in [0, 0.05) is 24.6 Å². The van der Waals surface area contributed by atoms with Gasteiger partial charge in [-0.1, -0.05) is 0 Å². The maximum Gasteiger partial charge on any atom is 0.269 e. The molecule has 18 heavy (non-hydrogen) atoms. The van der Waals surface area contributed by atoms with Gasteiger partial charge in [0.25, 0.3) is 11.6 Å². The van der Waals surface area contributed by atoms with E-state index in [0.717, 1.165) is 5.56 Å². The average Bonchev–Trinajstić information content (AvgIpc) is 2.15. The van der Waals surface area contributed by atoms with Gasteiger partial charge in [0.15, 0.2) is 0 Å². The topological polar surface area (TPSA) is 72.2 Å². The predicted molar refractivity (Wildman–Crippen MR) is 62.7 cm³/mol. The lowest BCUT2D eigenvalue weighted by Gasteiger charge is -2.28. The highest BCUT2D eigenvalue weighted by molar-refractivity contribution is 5.71. The third-order valence-electron chi connectivity index (χ3n) is 2.19. The van der Waals surface area contributed by atoms with Crippen LogP contribution in [0.3, 0.4) is 0 Å². The first-order valence-electron chi connectivity index (χ1n) is 5.15. The van der Waals surface area contributed by atoms with Gasteiger partial charge in [-0.25, -0.2) is 10.0 Å². The third-order valence-corrected chi connectivity index (χ3v) is 2.19. The molecular formula is C11H16BrN3O3. The van der Waals surface area contributed by atoms with Crippen LogP contribution in [0.5, 0.6) is 0 Å². The van der Waals surface area contributed by atoms with Crippen molar-refractivity contribution >= 4 is 11.6 Å². The molecule has 0 radical (unpaired) electrons. The van der Waals surface area contributed by atoms with E-state index in [4.69, 9.17) is 0 Å². The second-order valence-electron chi connectivity index (χ2n) is 4.43. The number of nitro benzene ring substituents is 1. The smallest absolute Gasteiger partial charge is 0.269 e. The highest BCUT2D eigenvalue weighted by Crippen LogP contribution is 2.14. The Balaban J connectivity index is 0.00000289. The Kier molecular flexibility index (Phi) is 5.93. The van der Waals surface area contributed by atoms with Crippen molar-refractivity contribution in [2.24, 2.45) is 0 Å². The molecule has 1 N–H and O–H groups in total. The lowest BCUT2D eigenvalue weighted by molar-refractivity contribution is -0.938. The molecule has 0 fully saturated rings. The van der Waals surface area contributed by atoms with Crippen molar-refractivity contribution in [1.29, 1.82) is 0 Å². The summed E-state index contributed by atoms with van der Waals surface area (Å²) in [6, 6.07) is 6.31. The molecule has 0 aliphatic heterocycles. The van der Waals surface area contributed by atoms with Gasteiger partial charge in [0.1, 0.15) is 6.54 Å². The molecule has 0 unspecified atom stereocenters. The van der Waals surface area contributed by atoms with E-state index in [1.807, 2.05) is 14.1 Å². The number of amides is 1. The number of hydrogen-bond donors (Lipinski definition) is 1. The molecule has 0 heterocycles. The number of hydrogen-bond acceptors (Lipinski definition) is 3. The zero-order valence-electron chi connectivity index (χ0n) is 10.5. The number of carbonyl (C=O) groups is 1. The van der Waals surface area contributed by atoms with Gasteiger partial charge < -0.3 is 17.0 Å². The van der Waals surface area contributed by atoms with Crippen molar-refractivity contribution in [1.82, 2.24) is 5.43 Å². The van der Waals surface area contributed by atoms with Crippen LogP contribution >= 0.6 is 0 Å². The van der Waals surface area contributed by atoms with E-state index in [2.05, 4.69) is 5.43 Å². The number of carbonyl (C=O) groups excluding carboxylic acids is 1. The summed E-state index contributed by atoms with van der Waals surface area (Å²) in [5, 5.41) is 10.5. The fraction of sp³-hybridized carbons (Fsp3) is 0.364. The van der Waals surface area contributed by atoms with E-state index < -0.39 is 4.92 Å². The highest BCUT2D eigenvalue weighted by Gasteiger charge is 2.18. The summed E-state index contributed by atoms with van der Waals surface area (Å²) in [4.78, 5) is 21.0. The molecule has 6 nitrogen and oxygen atoms in total. The van der Waals surface area contributed by atoms with Crippen molar-refractivity contribution in [3.8, 4) is 0 Å². The summed E-state index contributed by atoms with van der Waals surface area (Å²) in [5.74, 6) is -0.114. The van der Waals surface area contributed by atoms with Crippen molar-refractivity contribution < 1.29 is 31.3 Å². The average molecular weight is 318 g/mol. The van der Waals surface area contributed by atoms with Crippen LogP contribution in [-0.2, 0) is 11.3 Å². The number of benzene rings is 1. The maximum atomic E-state index is 11.0. The van der Waals surface area contributed by atoms with Crippen LogP contribution in [0.4, 0.5) is 5.69 Å². The fourth-order valence-corrected chi connectivity index (χ4v) is 1.65. The highest BCUT2D eigenvalue weighted by atomic mass is 79.9. The van der Waals surface area contributed by atoms with E-state index in [-0.39, 0.29) is 28.6 Å². The largest absolute Gasteiger partial charge is 1.00 e. The molecule has 1 aromatic rings. The second kappa shape index (κ2) is 6.46. The quantitative estimate of drug-likeness (QED) is 0.406. The number of nitrogens with zero attached hydrogens (tertiary/aromatic N) is 2. The number of non-ortho nitro benzene ring substituents is 1. The molecule has 100 valence electrons. The van der Waals surface area contributed by atoms with Crippen molar-refractivity contribution in [3.05, 3.63) is 39.9 Å². The van der Waals surface area contributed by atoms with Crippen LogP contribution in [0.2, 0.25) is 0 Å². The molecule has 0 aliphatic carbocycles. The molecule has 1 rings (SSSR count). The summed E-state index contributed by atoms with van der Waals surface area (Å²) in [6.45, 7) is 2.02. The third kappa shape index (κ3) is 5.24. The van der Waals surface area contributed by atoms with Crippen LogP contribution < -0.4 is 22.4 Å². The molecule has 7 heteroatoms. The van der Waals surface area contributed by atoms with E-state index in [0.29, 0.717) is 11.1 Å². The van der Waals surface area contributed by atoms with Crippen molar-refractivity contribution in [2.45, 2.75) is 13.5 Å². The normalized spacial score (nSPS) is 10.4. The molecular weight excluding hydrogens is 302 g/mol. The van der Waals surface area contributed by atoms with Crippen molar-refractivity contribution in [3.63, 3.8) is 0 Å². The van der Waals surface area contributed by atoms with Gasteiger partial charge in [-0.2, -0.15) is 0 Å². The van der Waals surface area contributed by atoms with E-state index in [1.165, 1.54) is 19.1 Å². The summed E-state index contributed by atoms with van der Waals surface area (Å²) in [5.41, 5.74) is 3.76. The molecule has 0 bridgehead atoms. The van der Waals surface area contributed by atoms with Gasteiger partial charge in [0.05, 0.1) is 19.0 Å². The first-order chi connectivity index (χ1) is 7.80. The fourth-order valence-electron chi connectivity index (χ4n) is 1.65. The minimum absolute atomic E-state index is 0. The summed E-state index contributed by atoms with van der Waals surface area (Å²) < 4.78 is 0.299. The van der Waals surface area contributed by atoms with Gasteiger partial charge in [-0.3, -0.25) is 14.9 Å². The minimum atomic E-state index is -0.433. The Bertz CT molecular complexity index is 432. The molecule has 1 aromatic carbocycles. The Morgan fingerprint density at radius 3 is 2.22 bits per heavy atom. The van der Waals surface area contributed by atoms with E-state index >= 15 is 0 Å². The molecule has 1 amide bonds. The number of nitrogens with one attached hydrogen (secondary N) is 1. The van der Waals surface area contributed by atoms with Gasteiger partial charge in [-0.15, -0.1) is 0 Å². The van der Waals surface area contributed by atoms with Gasteiger partial charge in [0.2, 0.25) is 0 Å². The van der Waals surface area contributed by atoms with Crippen LogP contribution in [0, 0.1) is 10.1 Å². The molecule has 0 atom stereocenters. The van der Waals surface area contributed by atoms with Gasteiger partial charge in [-0.05, 0) is 12.1 Å². The SMILES string of the molecule is CC(=O)N[N+](C)(C)Cc1ccc([N+](=O)[O-])cc1.[Br-]. The van der Waals surface area contributed by atoms with Crippen molar-refractivity contribution in [2.75, 3.05) is 14.1 Å². The van der Waals surface area contributed by atoms with Crippen LogP contribution in [0.25, 0.3) is 0 Å². The summed E-state index contributed by atoms with van der Waals surface area (Å²) >= 11 is 0. The number of quaternary nitrogens is 1. The van der Waals surface area contributed by atoms with E-state index in [1.54, 1.807) is 12.1 Å². The predicted octanol–water partition coefficient (Wildman–Crippen LogP) is -1.77. The molecule has 0 saturated heterocycles. The molecule has 0 aromatic heterocycles. The monoisotopic (exact) mass is 317 g/mol. The first-order valence-corrected chi connectivity index (χ1v) is 5.15.